The van der Waals surface area contributed by atoms with Crippen LogP contribution < -0.4 is 15.2 Å². The average Bonchev–Trinajstić information content (AvgIpc) is 2.38. The number of benzene rings is 1. The summed E-state index contributed by atoms with van der Waals surface area (Å²) >= 11 is 0. The first-order valence-corrected chi connectivity index (χ1v) is 8.66. The molecule has 19 heavy (non-hydrogen) atoms. The molecule has 1 atom stereocenters. The van der Waals surface area contributed by atoms with Crippen LogP contribution in [0.4, 0.5) is 5.69 Å². The summed E-state index contributed by atoms with van der Waals surface area (Å²) in [6, 6.07) is 4.23. The summed E-state index contributed by atoms with van der Waals surface area (Å²) in [6.07, 6.45) is 0. The number of ether oxygens (including phenoxy) is 1. The van der Waals surface area contributed by atoms with Gasteiger partial charge in [-0.3, -0.25) is 4.21 Å². The van der Waals surface area contributed by atoms with Crippen molar-refractivity contribution in [1.29, 1.82) is 0 Å². The van der Waals surface area contributed by atoms with E-state index in [1.165, 1.54) is 25.3 Å². The van der Waals surface area contributed by atoms with Crippen molar-refractivity contribution in [3.8, 4) is 5.75 Å². The van der Waals surface area contributed by atoms with Crippen LogP contribution in [0.2, 0.25) is 0 Å². The zero-order valence-electron chi connectivity index (χ0n) is 10.9. The first kappa shape index (κ1) is 15.9. The van der Waals surface area contributed by atoms with Gasteiger partial charge in [-0.25, -0.2) is 13.1 Å². The van der Waals surface area contributed by atoms with Crippen molar-refractivity contribution in [3.63, 3.8) is 0 Å². The molecule has 0 aromatic heterocycles. The molecule has 8 heteroatoms. The van der Waals surface area contributed by atoms with E-state index in [0.29, 0.717) is 22.9 Å². The highest BCUT2D eigenvalue weighted by atomic mass is 32.2. The van der Waals surface area contributed by atoms with Crippen LogP contribution in [0.3, 0.4) is 0 Å². The molecular formula is C11H18N2O4S2. The van der Waals surface area contributed by atoms with Crippen molar-refractivity contribution >= 4 is 26.5 Å². The van der Waals surface area contributed by atoms with Crippen molar-refractivity contribution in [2.24, 2.45) is 0 Å². The van der Waals surface area contributed by atoms with Gasteiger partial charge in [-0.2, -0.15) is 0 Å². The maximum atomic E-state index is 12.0. The minimum absolute atomic E-state index is 0.0702. The van der Waals surface area contributed by atoms with E-state index < -0.39 is 20.8 Å². The Kier molecular flexibility index (Phi) is 5.77. The molecule has 3 N–H and O–H groups in total. The second kappa shape index (κ2) is 6.88. The Labute approximate surface area is 115 Å². The van der Waals surface area contributed by atoms with Crippen LogP contribution in [-0.4, -0.2) is 37.8 Å². The van der Waals surface area contributed by atoms with Gasteiger partial charge in [-0.05, 0) is 12.1 Å². The molecule has 0 aliphatic heterocycles. The monoisotopic (exact) mass is 306 g/mol. The average molecular weight is 306 g/mol. The second-order valence-electron chi connectivity index (χ2n) is 3.73. The minimum atomic E-state index is -3.63. The maximum absolute atomic E-state index is 12.0. The van der Waals surface area contributed by atoms with Gasteiger partial charge in [0.2, 0.25) is 10.0 Å². The van der Waals surface area contributed by atoms with E-state index in [0.717, 1.165) is 0 Å². The lowest BCUT2D eigenvalue weighted by Crippen LogP contribution is -2.28. The van der Waals surface area contributed by atoms with Crippen molar-refractivity contribution in [2.45, 2.75) is 11.8 Å². The van der Waals surface area contributed by atoms with Gasteiger partial charge in [0.05, 0.1) is 17.7 Å². The standard InChI is InChI=1S/C11H18N2O4S2/c1-3-18(14)7-6-13-19(15,16)9-4-5-10(12)11(8-9)17-2/h4-5,8,13H,3,6-7,12H2,1-2H3. The third-order valence-electron chi connectivity index (χ3n) is 2.46. The Hall–Kier alpha value is -1.12. The number of anilines is 1. The molecule has 0 aliphatic carbocycles. The van der Waals surface area contributed by atoms with Gasteiger partial charge in [0.25, 0.3) is 0 Å². The van der Waals surface area contributed by atoms with E-state index >= 15 is 0 Å². The van der Waals surface area contributed by atoms with Gasteiger partial charge in [-0.1, -0.05) is 6.92 Å². The lowest BCUT2D eigenvalue weighted by Gasteiger charge is -2.09. The van der Waals surface area contributed by atoms with Crippen molar-refractivity contribution in [1.82, 2.24) is 4.72 Å². The molecule has 0 amide bonds. The normalized spacial score (nSPS) is 13.2. The lowest BCUT2D eigenvalue weighted by atomic mass is 10.3. The second-order valence-corrected chi connectivity index (χ2v) is 7.37. The Morgan fingerprint density at radius 2 is 2.11 bits per heavy atom. The zero-order chi connectivity index (χ0) is 14.5. The molecule has 108 valence electrons. The largest absolute Gasteiger partial charge is 0.495 e. The number of hydrogen-bond acceptors (Lipinski definition) is 5. The first-order chi connectivity index (χ1) is 8.90. The highest BCUT2D eigenvalue weighted by Crippen LogP contribution is 2.24. The number of hydrogen-bond donors (Lipinski definition) is 2. The van der Waals surface area contributed by atoms with Crippen LogP contribution >= 0.6 is 0 Å². The third kappa shape index (κ3) is 4.48. The number of methoxy groups -OCH3 is 1. The quantitative estimate of drug-likeness (QED) is 0.707. The Bertz CT molecular complexity index is 558. The Morgan fingerprint density at radius 1 is 1.42 bits per heavy atom. The predicted octanol–water partition coefficient (Wildman–Crippen LogP) is 0.324. The molecule has 0 saturated heterocycles. The van der Waals surface area contributed by atoms with Crippen molar-refractivity contribution < 1.29 is 17.4 Å². The van der Waals surface area contributed by atoms with Gasteiger partial charge in [-0.15, -0.1) is 0 Å². The van der Waals surface area contributed by atoms with E-state index in [1.807, 2.05) is 0 Å². The molecule has 1 unspecified atom stereocenters. The SMILES string of the molecule is CCS(=O)CCNS(=O)(=O)c1ccc(N)c(OC)c1. The number of nitrogens with two attached hydrogens (primary N) is 1. The van der Waals surface area contributed by atoms with E-state index in [4.69, 9.17) is 10.5 Å². The fourth-order valence-electron chi connectivity index (χ4n) is 1.38. The van der Waals surface area contributed by atoms with E-state index in [2.05, 4.69) is 4.72 Å². The molecule has 0 bridgehead atoms. The van der Waals surface area contributed by atoms with Crippen LogP contribution in [0.1, 0.15) is 6.92 Å². The van der Waals surface area contributed by atoms with Gasteiger partial charge in [0.15, 0.2) is 0 Å². The summed E-state index contributed by atoms with van der Waals surface area (Å²) in [5.74, 6) is 1.11. The minimum Gasteiger partial charge on any atom is -0.495 e. The molecule has 0 heterocycles. The molecule has 1 rings (SSSR count). The molecule has 0 radical (unpaired) electrons. The topological polar surface area (TPSA) is 98.5 Å². The van der Waals surface area contributed by atoms with Crippen LogP contribution in [0.5, 0.6) is 5.75 Å². The molecule has 1 aromatic rings. The molecular weight excluding hydrogens is 288 g/mol. The summed E-state index contributed by atoms with van der Waals surface area (Å²) in [7, 11) is -3.22. The zero-order valence-corrected chi connectivity index (χ0v) is 12.5. The highest BCUT2D eigenvalue weighted by Gasteiger charge is 2.15. The smallest absolute Gasteiger partial charge is 0.240 e. The Morgan fingerprint density at radius 3 is 2.68 bits per heavy atom. The fourth-order valence-corrected chi connectivity index (χ4v) is 3.17. The lowest BCUT2D eigenvalue weighted by molar-refractivity contribution is 0.415. The molecule has 0 saturated carbocycles. The van der Waals surface area contributed by atoms with Gasteiger partial charge < -0.3 is 10.5 Å². The summed E-state index contributed by atoms with van der Waals surface area (Å²) in [5, 5.41) is 0. The predicted molar refractivity (Wildman–Crippen MR) is 76.1 cm³/mol. The number of nitrogen functional groups attached to an aromatic ring is 1. The van der Waals surface area contributed by atoms with Crippen LogP contribution in [0, 0.1) is 0 Å². The fraction of sp³-hybridized carbons (Fsp3) is 0.455. The van der Waals surface area contributed by atoms with E-state index in [-0.39, 0.29) is 11.4 Å². The molecule has 6 nitrogen and oxygen atoms in total. The first-order valence-electron chi connectivity index (χ1n) is 5.69. The number of nitrogens with one attached hydrogen (secondary N) is 1. The maximum Gasteiger partial charge on any atom is 0.240 e. The summed E-state index contributed by atoms with van der Waals surface area (Å²) in [4.78, 5) is 0.0702. The Balaban J connectivity index is 2.80. The van der Waals surface area contributed by atoms with Crippen molar-refractivity contribution in [2.75, 3.05) is 30.9 Å². The summed E-state index contributed by atoms with van der Waals surface area (Å²) in [5.41, 5.74) is 5.99. The van der Waals surface area contributed by atoms with E-state index in [9.17, 15) is 12.6 Å². The molecule has 0 aliphatic rings. The molecule has 0 spiro atoms. The number of sulfonamides is 1. The van der Waals surface area contributed by atoms with Crippen LogP contribution in [-0.2, 0) is 20.8 Å². The third-order valence-corrected chi connectivity index (χ3v) is 5.22. The molecule has 0 fully saturated rings. The summed E-state index contributed by atoms with van der Waals surface area (Å²) in [6.45, 7) is 1.92. The van der Waals surface area contributed by atoms with Crippen LogP contribution in [0.15, 0.2) is 23.1 Å². The van der Waals surface area contributed by atoms with Crippen molar-refractivity contribution in [3.05, 3.63) is 18.2 Å². The number of rotatable bonds is 7. The molecule has 1 aromatic carbocycles. The highest BCUT2D eigenvalue weighted by molar-refractivity contribution is 7.89. The van der Waals surface area contributed by atoms with E-state index in [1.54, 1.807) is 6.92 Å². The summed E-state index contributed by atoms with van der Waals surface area (Å²) < 4.78 is 42.5. The van der Waals surface area contributed by atoms with Gasteiger partial charge in [0, 0.05) is 34.9 Å². The van der Waals surface area contributed by atoms with Crippen LogP contribution in [0.25, 0.3) is 0 Å². The van der Waals surface area contributed by atoms with Gasteiger partial charge >= 0.3 is 0 Å². The van der Waals surface area contributed by atoms with Gasteiger partial charge in [0.1, 0.15) is 5.75 Å².